The van der Waals surface area contributed by atoms with Crippen LogP contribution in [0.2, 0.25) is 0 Å². The maximum atomic E-state index is 11.5. The fraction of sp³-hybridized carbons (Fsp3) is 0.286. The van der Waals surface area contributed by atoms with Gasteiger partial charge in [0.05, 0.1) is 0 Å². The van der Waals surface area contributed by atoms with E-state index in [4.69, 9.17) is 0 Å². The lowest BCUT2D eigenvalue weighted by molar-refractivity contribution is 0.822. The molecular formula is C14H17N3O2. The van der Waals surface area contributed by atoms with Crippen LogP contribution in [0.4, 0.5) is 11.4 Å². The molecular weight excluding hydrogens is 242 g/mol. The van der Waals surface area contributed by atoms with Gasteiger partial charge in [-0.1, -0.05) is 30.3 Å². The summed E-state index contributed by atoms with van der Waals surface area (Å²) in [5.74, 6) is 0. The Morgan fingerprint density at radius 3 is 2.16 bits per heavy atom. The van der Waals surface area contributed by atoms with E-state index in [2.05, 4.69) is 16.0 Å². The third kappa shape index (κ3) is 3.00. The summed E-state index contributed by atoms with van der Waals surface area (Å²) in [4.78, 5) is 22.9. The molecule has 19 heavy (non-hydrogen) atoms. The van der Waals surface area contributed by atoms with Crippen LogP contribution in [0.1, 0.15) is 5.56 Å². The van der Waals surface area contributed by atoms with Crippen LogP contribution < -0.4 is 26.8 Å². The molecule has 3 N–H and O–H groups in total. The summed E-state index contributed by atoms with van der Waals surface area (Å²) in [5, 5.41) is 8.96. The molecule has 0 heterocycles. The van der Waals surface area contributed by atoms with Crippen molar-refractivity contribution >= 4 is 11.4 Å². The summed E-state index contributed by atoms with van der Waals surface area (Å²) in [6.07, 6.45) is 0. The van der Waals surface area contributed by atoms with Crippen LogP contribution >= 0.6 is 0 Å². The third-order valence-corrected chi connectivity index (χ3v) is 2.90. The maximum Gasteiger partial charge on any atom is 0.253 e. The van der Waals surface area contributed by atoms with E-state index in [0.29, 0.717) is 24.5 Å². The highest BCUT2D eigenvalue weighted by atomic mass is 16.2. The molecule has 2 rings (SSSR count). The molecule has 2 aromatic carbocycles. The first-order valence-corrected chi connectivity index (χ1v) is 6.23. The molecule has 2 aromatic rings. The van der Waals surface area contributed by atoms with Crippen molar-refractivity contribution in [1.29, 1.82) is 0 Å². The topological polar surface area (TPSA) is 70.2 Å². The molecule has 0 aliphatic heterocycles. The Labute approximate surface area is 111 Å². The van der Waals surface area contributed by atoms with E-state index in [1.54, 1.807) is 0 Å². The second-order valence-corrected chi connectivity index (χ2v) is 4.28. The molecule has 0 aliphatic carbocycles. The molecule has 5 nitrogen and oxygen atoms in total. The second kappa shape index (κ2) is 6.15. The average Bonchev–Trinajstić information content (AvgIpc) is 2.46. The van der Waals surface area contributed by atoms with Crippen LogP contribution in [-0.4, -0.2) is 20.1 Å². The standard InChI is InChI=1S/C14H17N3O2/c1-15-7-8-16-11-12(14(19)13(11)18)17-9-10-5-3-2-4-6-10/h2-6,15-17H,7-9H2,1H3. The maximum absolute atomic E-state index is 11.5. The lowest BCUT2D eigenvalue weighted by atomic mass is 10.1. The summed E-state index contributed by atoms with van der Waals surface area (Å²) < 4.78 is 0. The Morgan fingerprint density at radius 2 is 1.53 bits per heavy atom. The Kier molecular flexibility index (Phi) is 4.30. The summed E-state index contributed by atoms with van der Waals surface area (Å²) in [5.41, 5.74) is 0.979. The second-order valence-electron chi connectivity index (χ2n) is 4.28. The van der Waals surface area contributed by atoms with E-state index in [1.807, 2.05) is 37.4 Å². The van der Waals surface area contributed by atoms with Crippen LogP contribution in [0, 0.1) is 0 Å². The monoisotopic (exact) mass is 259 g/mol. The van der Waals surface area contributed by atoms with Gasteiger partial charge >= 0.3 is 0 Å². The zero-order valence-electron chi connectivity index (χ0n) is 10.8. The molecule has 0 amide bonds. The molecule has 0 unspecified atom stereocenters. The average molecular weight is 259 g/mol. The first kappa shape index (κ1) is 13.3. The quantitative estimate of drug-likeness (QED) is 0.500. The van der Waals surface area contributed by atoms with E-state index in [-0.39, 0.29) is 0 Å². The Balaban J connectivity index is 1.99. The molecule has 0 bridgehead atoms. The van der Waals surface area contributed by atoms with Gasteiger partial charge in [-0.15, -0.1) is 0 Å². The summed E-state index contributed by atoms with van der Waals surface area (Å²) in [6, 6.07) is 9.74. The summed E-state index contributed by atoms with van der Waals surface area (Å²) in [7, 11) is 1.83. The van der Waals surface area contributed by atoms with Gasteiger partial charge in [0.1, 0.15) is 11.4 Å². The lowest BCUT2D eigenvalue weighted by Gasteiger charge is -2.14. The highest BCUT2D eigenvalue weighted by Gasteiger charge is 2.19. The largest absolute Gasteiger partial charge is 0.379 e. The van der Waals surface area contributed by atoms with Crippen molar-refractivity contribution in [2.24, 2.45) is 0 Å². The third-order valence-electron chi connectivity index (χ3n) is 2.90. The molecule has 0 radical (unpaired) electrons. The van der Waals surface area contributed by atoms with Crippen molar-refractivity contribution in [3.63, 3.8) is 0 Å². The first-order chi connectivity index (χ1) is 9.24. The minimum Gasteiger partial charge on any atom is -0.379 e. The van der Waals surface area contributed by atoms with Gasteiger partial charge in [-0.3, -0.25) is 9.59 Å². The van der Waals surface area contributed by atoms with Crippen LogP contribution in [0.15, 0.2) is 39.9 Å². The van der Waals surface area contributed by atoms with Crippen molar-refractivity contribution in [2.75, 3.05) is 30.8 Å². The molecule has 0 aliphatic rings. The molecule has 0 fully saturated rings. The molecule has 0 saturated heterocycles. The Hall–Kier alpha value is -2.14. The van der Waals surface area contributed by atoms with Crippen molar-refractivity contribution < 1.29 is 0 Å². The molecule has 0 aromatic heterocycles. The summed E-state index contributed by atoms with van der Waals surface area (Å²) in [6.45, 7) is 1.88. The van der Waals surface area contributed by atoms with Gasteiger partial charge in [0.15, 0.2) is 0 Å². The summed E-state index contributed by atoms with van der Waals surface area (Å²) >= 11 is 0. The fourth-order valence-electron chi connectivity index (χ4n) is 1.83. The number of likely N-dealkylation sites (N-methyl/N-ethyl adjacent to an activating group) is 1. The fourth-order valence-corrected chi connectivity index (χ4v) is 1.83. The minimum absolute atomic E-state index is 0.393. The van der Waals surface area contributed by atoms with Crippen molar-refractivity contribution in [1.82, 2.24) is 5.32 Å². The highest BCUT2D eigenvalue weighted by molar-refractivity contribution is 5.73. The van der Waals surface area contributed by atoms with Gasteiger partial charge in [-0.2, -0.15) is 0 Å². The van der Waals surface area contributed by atoms with Crippen molar-refractivity contribution in [3.05, 3.63) is 56.3 Å². The van der Waals surface area contributed by atoms with E-state index < -0.39 is 10.9 Å². The van der Waals surface area contributed by atoms with Gasteiger partial charge in [0.25, 0.3) is 10.9 Å². The van der Waals surface area contributed by atoms with Gasteiger partial charge < -0.3 is 16.0 Å². The number of nitrogens with one attached hydrogen (secondary N) is 3. The zero-order chi connectivity index (χ0) is 13.7. The van der Waals surface area contributed by atoms with Gasteiger partial charge in [-0.25, -0.2) is 0 Å². The Bertz CT molecular complexity index is 601. The number of anilines is 2. The van der Waals surface area contributed by atoms with Gasteiger partial charge in [0.2, 0.25) is 0 Å². The van der Waals surface area contributed by atoms with Crippen LogP contribution in [-0.2, 0) is 6.54 Å². The predicted octanol–water partition coefficient (Wildman–Crippen LogP) is 0.526. The van der Waals surface area contributed by atoms with Crippen molar-refractivity contribution in [3.8, 4) is 0 Å². The van der Waals surface area contributed by atoms with E-state index in [9.17, 15) is 9.59 Å². The number of benzene rings is 1. The van der Waals surface area contributed by atoms with Crippen molar-refractivity contribution in [2.45, 2.75) is 6.54 Å². The molecule has 0 atom stereocenters. The zero-order valence-corrected chi connectivity index (χ0v) is 10.8. The predicted molar refractivity (Wildman–Crippen MR) is 77.5 cm³/mol. The first-order valence-electron chi connectivity index (χ1n) is 6.23. The number of hydrogen-bond acceptors (Lipinski definition) is 5. The van der Waals surface area contributed by atoms with Gasteiger partial charge in [-0.05, 0) is 12.6 Å². The van der Waals surface area contributed by atoms with E-state index >= 15 is 0 Å². The normalized spacial score (nSPS) is 10.6. The lowest BCUT2D eigenvalue weighted by Crippen LogP contribution is -2.38. The van der Waals surface area contributed by atoms with Crippen LogP contribution in [0.3, 0.4) is 0 Å². The smallest absolute Gasteiger partial charge is 0.253 e. The van der Waals surface area contributed by atoms with E-state index in [1.165, 1.54) is 0 Å². The highest BCUT2D eigenvalue weighted by Crippen LogP contribution is 2.15. The molecule has 100 valence electrons. The van der Waals surface area contributed by atoms with Gasteiger partial charge in [0, 0.05) is 19.6 Å². The molecule has 5 heteroatoms. The van der Waals surface area contributed by atoms with Crippen LogP contribution in [0.25, 0.3) is 0 Å². The minimum atomic E-state index is -0.442. The molecule has 0 spiro atoms. The number of hydrogen-bond donors (Lipinski definition) is 3. The SMILES string of the molecule is CNCCNc1c(NCc2ccccc2)c(=O)c1=O. The Morgan fingerprint density at radius 1 is 0.895 bits per heavy atom. The number of rotatable bonds is 7. The van der Waals surface area contributed by atoms with Crippen LogP contribution in [0.5, 0.6) is 0 Å². The van der Waals surface area contributed by atoms with E-state index in [0.717, 1.165) is 12.1 Å². The molecule has 0 saturated carbocycles.